The molecular formula is C15H22N2. The number of hydrogen-bond donors (Lipinski definition) is 1. The van der Waals surface area contributed by atoms with Crippen molar-refractivity contribution in [3.63, 3.8) is 0 Å². The fraction of sp³-hybridized carbons (Fsp3) is 0.600. The molecule has 0 radical (unpaired) electrons. The van der Waals surface area contributed by atoms with Crippen LogP contribution in [-0.4, -0.2) is 25.7 Å². The number of piperazine rings is 1. The van der Waals surface area contributed by atoms with Gasteiger partial charge in [0.15, 0.2) is 0 Å². The third kappa shape index (κ3) is 1.95. The van der Waals surface area contributed by atoms with Gasteiger partial charge in [-0.1, -0.05) is 25.5 Å². The minimum absolute atomic E-state index is 0.730. The molecule has 2 heterocycles. The lowest BCUT2D eigenvalue weighted by Gasteiger charge is -2.43. The van der Waals surface area contributed by atoms with Crippen molar-refractivity contribution >= 4 is 5.69 Å². The maximum absolute atomic E-state index is 3.51. The van der Waals surface area contributed by atoms with E-state index in [-0.39, 0.29) is 0 Å². The van der Waals surface area contributed by atoms with E-state index in [0.717, 1.165) is 19.1 Å². The quantitative estimate of drug-likeness (QED) is 0.839. The highest BCUT2D eigenvalue weighted by Gasteiger charge is 2.28. The van der Waals surface area contributed by atoms with Gasteiger partial charge in [0, 0.05) is 31.4 Å². The first kappa shape index (κ1) is 11.1. The molecule has 3 rings (SSSR count). The van der Waals surface area contributed by atoms with Crippen molar-refractivity contribution in [1.82, 2.24) is 5.32 Å². The Morgan fingerprint density at radius 3 is 3.24 bits per heavy atom. The summed E-state index contributed by atoms with van der Waals surface area (Å²) in [4.78, 5) is 2.63. The molecule has 2 aliphatic rings. The standard InChI is InChI=1S/C15H22N2/c1-2-4-12-5-3-6-15-14(12)8-7-13-11-16-9-10-17(13)15/h3,5-6,13,16H,2,4,7-11H2,1H3/t13-/m1/s1. The van der Waals surface area contributed by atoms with E-state index in [4.69, 9.17) is 0 Å². The lowest BCUT2D eigenvalue weighted by Crippen LogP contribution is -2.53. The van der Waals surface area contributed by atoms with Gasteiger partial charge in [0.2, 0.25) is 0 Å². The number of nitrogens with zero attached hydrogens (tertiary/aromatic N) is 1. The molecule has 0 aliphatic carbocycles. The molecule has 0 unspecified atom stereocenters. The summed E-state index contributed by atoms with van der Waals surface area (Å²) in [7, 11) is 0. The van der Waals surface area contributed by atoms with Crippen LogP contribution in [-0.2, 0) is 12.8 Å². The molecule has 92 valence electrons. The first-order valence-corrected chi connectivity index (χ1v) is 6.98. The minimum Gasteiger partial charge on any atom is -0.366 e. The predicted molar refractivity (Wildman–Crippen MR) is 72.8 cm³/mol. The summed E-state index contributed by atoms with van der Waals surface area (Å²) in [6.45, 7) is 5.74. The number of benzene rings is 1. The van der Waals surface area contributed by atoms with E-state index in [1.807, 2.05) is 0 Å². The van der Waals surface area contributed by atoms with Crippen molar-refractivity contribution in [3.8, 4) is 0 Å². The molecule has 17 heavy (non-hydrogen) atoms. The van der Waals surface area contributed by atoms with E-state index in [9.17, 15) is 0 Å². The number of hydrogen-bond acceptors (Lipinski definition) is 2. The maximum atomic E-state index is 3.51. The van der Waals surface area contributed by atoms with Crippen LogP contribution in [0.15, 0.2) is 18.2 Å². The minimum atomic E-state index is 0.730. The van der Waals surface area contributed by atoms with Gasteiger partial charge in [-0.2, -0.15) is 0 Å². The summed E-state index contributed by atoms with van der Waals surface area (Å²) in [6.07, 6.45) is 5.08. The Kier molecular flexibility index (Phi) is 3.06. The third-order valence-electron chi connectivity index (χ3n) is 4.15. The lowest BCUT2D eigenvalue weighted by molar-refractivity contribution is 0.439. The number of fused-ring (bicyclic) bond motifs is 3. The van der Waals surface area contributed by atoms with E-state index in [1.165, 1.54) is 37.9 Å². The molecule has 2 heteroatoms. The van der Waals surface area contributed by atoms with Crippen LogP contribution in [0.3, 0.4) is 0 Å². The van der Waals surface area contributed by atoms with Crippen LogP contribution in [0, 0.1) is 0 Å². The Labute approximate surface area is 104 Å². The lowest BCUT2D eigenvalue weighted by atomic mass is 9.89. The Morgan fingerprint density at radius 1 is 1.41 bits per heavy atom. The van der Waals surface area contributed by atoms with Gasteiger partial charge < -0.3 is 10.2 Å². The SMILES string of the molecule is CCCc1cccc2c1CC[C@@H]1CNCCN21. The smallest absolute Gasteiger partial charge is 0.0418 e. The zero-order chi connectivity index (χ0) is 11.7. The Balaban J connectivity index is 1.96. The fourth-order valence-electron chi connectivity index (χ4n) is 3.33. The van der Waals surface area contributed by atoms with Crippen LogP contribution in [0.1, 0.15) is 30.9 Å². The molecule has 0 aromatic heterocycles. The average Bonchev–Trinajstić information content (AvgIpc) is 2.39. The molecule has 1 aromatic rings. The van der Waals surface area contributed by atoms with Crippen LogP contribution >= 0.6 is 0 Å². The molecule has 1 fully saturated rings. The zero-order valence-electron chi connectivity index (χ0n) is 10.7. The van der Waals surface area contributed by atoms with Crippen LogP contribution in [0.5, 0.6) is 0 Å². The molecule has 0 amide bonds. The Bertz CT molecular complexity index is 400. The summed E-state index contributed by atoms with van der Waals surface area (Å²) < 4.78 is 0. The Hall–Kier alpha value is -1.02. The van der Waals surface area contributed by atoms with Crippen molar-refractivity contribution in [3.05, 3.63) is 29.3 Å². The van der Waals surface area contributed by atoms with E-state index < -0.39 is 0 Å². The summed E-state index contributed by atoms with van der Waals surface area (Å²) >= 11 is 0. The average molecular weight is 230 g/mol. The van der Waals surface area contributed by atoms with Crippen LogP contribution < -0.4 is 10.2 Å². The zero-order valence-corrected chi connectivity index (χ0v) is 10.7. The molecule has 1 atom stereocenters. The molecule has 1 N–H and O–H groups in total. The van der Waals surface area contributed by atoms with Crippen LogP contribution in [0.4, 0.5) is 5.69 Å². The van der Waals surface area contributed by atoms with Gasteiger partial charge >= 0.3 is 0 Å². The van der Waals surface area contributed by atoms with Gasteiger partial charge in [-0.3, -0.25) is 0 Å². The van der Waals surface area contributed by atoms with E-state index in [2.05, 4.69) is 35.3 Å². The molecule has 2 aliphatic heterocycles. The number of aryl methyl sites for hydroxylation is 1. The highest BCUT2D eigenvalue weighted by molar-refractivity contribution is 5.60. The summed E-state index contributed by atoms with van der Waals surface area (Å²) in [5.74, 6) is 0. The van der Waals surface area contributed by atoms with Crippen LogP contribution in [0.2, 0.25) is 0 Å². The number of anilines is 1. The normalized spacial score (nSPS) is 23.1. The molecule has 0 spiro atoms. The summed E-state index contributed by atoms with van der Waals surface area (Å²) in [5, 5.41) is 3.51. The highest BCUT2D eigenvalue weighted by Crippen LogP contribution is 2.33. The third-order valence-corrected chi connectivity index (χ3v) is 4.15. The van der Waals surface area contributed by atoms with Gasteiger partial charge in [-0.25, -0.2) is 0 Å². The van der Waals surface area contributed by atoms with Crippen molar-refractivity contribution in [2.24, 2.45) is 0 Å². The van der Waals surface area contributed by atoms with E-state index >= 15 is 0 Å². The largest absolute Gasteiger partial charge is 0.366 e. The van der Waals surface area contributed by atoms with Gasteiger partial charge in [0.1, 0.15) is 0 Å². The van der Waals surface area contributed by atoms with Crippen molar-refractivity contribution in [1.29, 1.82) is 0 Å². The molecule has 1 aromatic carbocycles. The second kappa shape index (κ2) is 4.69. The molecule has 0 saturated carbocycles. The van der Waals surface area contributed by atoms with Gasteiger partial charge in [0.05, 0.1) is 0 Å². The van der Waals surface area contributed by atoms with Crippen molar-refractivity contribution in [2.75, 3.05) is 24.5 Å². The van der Waals surface area contributed by atoms with Crippen molar-refractivity contribution in [2.45, 2.75) is 38.6 Å². The number of nitrogens with one attached hydrogen (secondary N) is 1. The molecule has 1 saturated heterocycles. The first-order valence-electron chi connectivity index (χ1n) is 6.98. The second-order valence-electron chi connectivity index (χ2n) is 5.25. The fourth-order valence-corrected chi connectivity index (χ4v) is 3.33. The van der Waals surface area contributed by atoms with Gasteiger partial charge in [0.25, 0.3) is 0 Å². The molecule has 0 bridgehead atoms. The summed E-state index contributed by atoms with van der Waals surface area (Å²) in [5.41, 5.74) is 4.74. The number of rotatable bonds is 2. The highest BCUT2D eigenvalue weighted by atomic mass is 15.2. The van der Waals surface area contributed by atoms with E-state index in [0.29, 0.717) is 0 Å². The van der Waals surface area contributed by atoms with Gasteiger partial charge in [-0.05, 0) is 36.5 Å². The summed E-state index contributed by atoms with van der Waals surface area (Å²) in [6, 6.07) is 7.62. The first-order chi connectivity index (χ1) is 8.40. The van der Waals surface area contributed by atoms with Crippen LogP contribution in [0.25, 0.3) is 0 Å². The molecular weight excluding hydrogens is 208 g/mol. The Morgan fingerprint density at radius 2 is 2.35 bits per heavy atom. The second-order valence-corrected chi connectivity index (χ2v) is 5.25. The van der Waals surface area contributed by atoms with Gasteiger partial charge in [-0.15, -0.1) is 0 Å². The maximum Gasteiger partial charge on any atom is 0.0418 e. The van der Waals surface area contributed by atoms with Crippen molar-refractivity contribution < 1.29 is 0 Å². The predicted octanol–water partition coefficient (Wildman–Crippen LogP) is 2.36. The molecule has 2 nitrogen and oxygen atoms in total. The monoisotopic (exact) mass is 230 g/mol. The van der Waals surface area contributed by atoms with E-state index in [1.54, 1.807) is 11.1 Å². The topological polar surface area (TPSA) is 15.3 Å².